The summed E-state index contributed by atoms with van der Waals surface area (Å²) in [5.41, 5.74) is 0.959. The highest BCUT2D eigenvalue weighted by Crippen LogP contribution is 2.31. The molecule has 2 N–H and O–H groups in total. The van der Waals surface area contributed by atoms with Crippen LogP contribution in [0.3, 0.4) is 0 Å². The predicted octanol–water partition coefficient (Wildman–Crippen LogP) is 3.37. The Hall–Kier alpha value is -2.15. The van der Waals surface area contributed by atoms with Crippen LogP contribution in [0.2, 0.25) is 0 Å². The van der Waals surface area contributed by atoms with E-state index in [1.807, 2.05) is 0 Å². The van der Waals surface area contributed by atoms with Crippen molar-refractivity contribution in [2.24, 2.45) is 0 Å². The molecule has 2 heterocycles. The highest BCUT2D eigenvalue weighted by atomic mass is 19.1. The summed E-state index contributed by atoms with van der Waals surface area (Å²) in [4.78, 5) is 4.63. The second-order valence-corrected chi connectivity index (χ2v) is 9.24. The van der Waals surface area contributed by atoms with Gasteiger partial charge in [0, 0.05) is 38.4 Å². The van der Waals surface area contributed by atoms with E-state index >= 15 is 0 Å². The van der Waals surface area contributed by atoms with E-state index in [9.17, 15) is 14.6 Å². The second-order valence-electron chi connectivity index (χ2n) is 9.24. The molecule has 6 heteroatoms. The number of piperidine rings is 2. The van der Waals surface area contributed by atoms with Crippen molar-refractivity contribution in [1.82, 2.24) is 4.90 Å². The zero-order chi connectivity index (χ0) is 21.9. The lowest BCUT2D eigenvalue weighted by Crippen LogP contribution is -2.55. The standard InChI is InChI=1S/C25H33FN2O3/c1-20-4-2-3-5-23(20)28-16-12-24(29,13-17-28)18-27-14-10-25(30,11-15-27)19-31-22-8-6-21(26)7-9-22/h2-9,29-30H,10-19H2,1H3. The number of aliphatic hydroxyl groups is 2. The maximum Gasteiger partial charge on any atom is 0.123 e. The average Bonchev–Trinajstić information content (AvgIpc) is 2.76. The molecule has 4 rings (SSSR count). The van der Waals surface area contributed by atoms with Gasteiger partial charge in [-0.2, -0.15) is 0 Å². The number of para-hydroxylation sites is 1. The van der Waals surface area contributed by atoms with Gasteiger partial charge in [-0.25, -0.2) is 4.39 Å². The van der Waals surface area contributed by atoms with Gasteiger partial charge in [0.2, 0.25) is 0 Å². The number of hydrogen-bond donors (Lipinski definition) is 2. The Labute approximate surface area is 184 Å². The van der Waals surface area contributed by atoms with E-state index in [4.69, 9.17) is 4.74 Å². The van der Waals surface area contributed by atoms with Gasteiger partial charge < -0.3 is 24.7 Å². The number of hydrogen-bond acceptors (Lipinski definition) is 5. The molecule has 2 aromatic rings. The summed E-state index contributed by atoms with van der Waals surface area (Å²) in [6.07, 6.45) is 2.69. The first-order valence-electron chi connectivity index (χ1n) is 11.2. The molecular weight excluding hydrogens is 395 g/mol. The second kappa shape index (κ2) is 9.15. The number of aryl methyl sites for hydroxylation is 1. The normalized spacial score (nSPS) is 21.1. The maximum atomic E-state index is 13.0. The summed E-state index contributed by atoms with van der Waals surface area (Å²) >= 11 is 0. The maximum absolute atomic E-state index is 13.0. The summed E-state index contributed by atoms with van der Waals surface area (Å²) in [5.74, 6) is 0.258. The van der Waals surface area contributed by atoms with Crippen LogP contribution in [0.1, 0.15) is 31.2 Å². The SMILES string of the molecule is Cc1ccccc1N1CCC(O)(CN2CCC(O)(COc3ccc(F)cc3)CC2)CC1. The van der Waals surface area contributed by atoms with Gasteiger partial charge >= 0.3 is 0 Å². The minimum atomic E-state index is -0.887. The predicted molar refractivity (Wildman–Crippen MR) is 120 cm³/mol. The minimum Gasteiger partial charge on any atom is -0.491 e. The fraction of sp³-hybridized carbons (Fsp3) is 0.520. The Morgan fingerprint density at radius 1 is 0.871 bits per heavy atom. The van der Waals surface area contributed by atoms with Crippen molar-refractivity contribution >= 4 is 5.69 Å². The molecule has 0 aromatic heterocycles. The van der Waals surface area contributed by atoms with E-state index < -0.39 is 11.2 Å². The monoisotopic (exact) mass is 428 g/mol. The molecule has 0 atom stereocenters. The Morgan fingerprint density at radius 2 is 1.48 bits per heavy atom. The molecule has 5 nitrogen and oxygen atoms in total. The third-order valence-electron chi connectivity index (χ3n) is 6.78. The van der Waals surface area contributed by atoms with Crippen molar-refractivity contribution in [3.63, 3.8) is 0 Å². The number of ether oxygens (including phenoxy) is 1. The van der Waals surface area contributed by atoms with Crippen LogP contribution >= 0.6 is 0 Å². The van der Waals surface area contributed by atoms with Crippen LogP contribution < -0.4 is 9.64 Å². The number of benzene rings is 2. The summed E-state index contributed by atoms with van der Waals surface area (Å²) < 4.78 is 18.7. The van der Waals surface area contributed by atoms with Crippen LogP contribution in [0.15, 0.2) is 48.5 Å². The van der Waals surface area contributed by atoms with Gasteiger partial charge in [-0.05, 0) is 68.5 Å². The first-order valence-corrected chi connectivity index (χ1v) is 11.2. The van der Waals surface area contributed by atoms with Crippen LogP contribution in [0.25, 0.3) is 0 Å². The molecule has 0 amide bonds. The number of anilines is 1. The first kappa shape index (κ1) is 22.1. The fourth-order valence-electron chi connectivity index (χ4n) is 4.68. The van der Waals surface area contributed by atoms with E-state index in [2.05, 4.69) is 41.0 Å². The smallest absolute Gasteiger partial charge is 0.123 e. The number of nitrogens with zero attached hydrogens (tertiary/aromatic N) is 2. The van der Waals surface area contributed by atoms with Gasteiger partial charge in [-0.15, -0.1) is 0 Å². The summed E-state index contributed by atoms with van der Waals surface area (Å²) in [7, 11) is 0. The fourth-order valence-corrected chi connectivity index (χ4v) is 4.68. The number of halogens is 1. The molecule has 2 aliphatic heterocycles. The summed E-state index contributed by atoms with van der Waals surface area (Å²) in [5, 5.41) is 22.0. The van der Waals surface area contributed by atoms with Crippen LogP contribution in [0.5, 0.6) is 5.75 Å². The van der Waals surface area contributed by atoms with E-state index in [0.29, 0.717) is 25.1 Å². The number of rotatable bonds is 6. The lowest BCUT2D eigenvalue weighted by atomic mass is 9.87. The van der Waals surface area contributed by atoms with Crippen molar-refractivity contribution in [3.8, 4) is 5.75 Å². The van der Waals surface area contributed by atoms with Gasteiger partial charge in [-0.3, -0.25) is 0 Å². The first-order chi connectivity index (χ1) is 14.8. The number of likely N-dealkylation sites (tertiary alicyclic amines) is 1. The highest BCUT2D eigenvalue weighted by molar-refractivity contribution is 5.53. The molecule has 0 bridgehead atoms. The molecule has 2 fully saturated rings. The molecule has 31 heavy (non-hydrogen) atoms. The zero-order valence-corrected chi connectivity index (χ0v) is 18.3. The lowest BCUT2D eigenvalue weighted by molar-refractivity contribution is -0.0747. The van der Waals surface area contributed by atoms with Crippen LogP contribution in [-0.4, -0.2) is 65.6 Å². The molecule has 0 unspecified atom stereocenters. The van der Waals surface area contributed by atoms with Crippen molar-refractivity contribution in [1.29, 1.82) is 0 Å². The Bertz CT molecular complexity index is 857. The third-order valence-corrected chi connectivity index (χ3v) is 6.78. The number of β-amino-alcohol motifs (C(OH)–C–C–N with tert-alkyl or cyclic N) is 1. The quantitative estimate of drug-likeness (QED) is 0.739. The highest BCUT2D eigenvalue weighted by Gasteiger charge is 2.38. The van der Waals surface area contributed by atoms with E-state index in [-0.39, 0.29) is 12.4 Å². The molecule has 2 aliphatic rings. The summed E-state index contributed by atoms with van der Waals surface area (Å²) in [6.45, 7) is 6.13. The third kappa shape index (κ3) is 5.56. The van der Waals surface area contributed by atoms with Gasteiger partial charge in [0.15, 0.2) is 0 Å². The van der Waals surface area contributed by atoms with E-state index in [1.165, 1.54) is 23.4 Å². The van der Waals surface area contributed by atoms with Gasteiger partial charge in [0.25, 0.3) is 0 Å². The van der Waals surface area contributed by atoms with Gasteiger partial charge in [0.1, 0.15) is 23.8 Å². The van der Waals surface area contributed by atoms with E-state index in [0.717, 1.165) is 39.0 Å². The van der Waals surface area contributed by atoms with Crippen molar-refractivity contribution in [2.45, 2.75) is 43.8 Å². The minimum absolute atomic E-state index is 0.197. The van der Waals surface area contributed by atoms with E-state index in [1.54, 1.807) is 12.1 Å². The molecular formula is C25H33FN2O3. The lowest BCUT2D eigenvalue weighted by Gasteiger charge is -2.44. The topological polar surface area (TPSA) is 56.2 Å². The molecule has 2 saturated heterocycles. The van der Waals surface area contributed by atoms with Gasteiger partial charge in [0.05, 0.1) is 5.60 Å². The zero-order valence-electron chi connectivity index (χ0n) is 18.3. The van der Waals surface area contributed by atoms with Crippen LogP contribution in [0, 0.1) is 12.7 Å². The van der Waals surface area contributed by atoms with Gasteiger partial charge in [-0.1, -0.05) is 18.2 Å². The van der Waals surface area contributed by atoms with Crippen molar-refractivity contribution in [2.75, 3.05) is 44.2 Å². The van der Waals surface area contributed by atoms with Crippen molar-refractivity contribution < 1.29 is 19.3 Å². The Morgan fingerprint density at radius 3 is 2.13 bits per heavy atom. The Balaban J connectivity index is 1.24. The summed E-state index contributed by atoms with van der Waals surface area (Å²) in [6, 6.07) is 14.3. The molecule has 168 valence electrons. The van der Waals surface area contributed by atoms with Crippen molar-refractivity contribution in [3.05, 3.63) is 59.9 Å². The molecule has 0 radical (unpaired) electrons. The average molecular weight is 429 g/mol. The van der Waals surface area contributed by atoms with Crippen LogP contribution in [0.4, 0.5) is 10.1 Å². The molecule has 0 saturated carbocycles. The molecule has 0 aliphatic carbocycles. The molecule has 2 aromatic carbocycles. The Kier molecular flexibility index (Phi) is 6.51. The molecule has 0 spiro atoms. The largest absolute Gasteiger partial charge is 0.491 e. The van der Waals surface area contributed by atoms with Crippen LogP contribution in [-0.2, 0) is 0 Å².